The lowest BCUT2D eigenvalue weighted by molar-refractivity contribution is 0.364. The minimum atomic E-state index is 0.0640. The highest BCUT2D eigenvalue weighted by Crippen LogP contribution is 2.50. The van der Waals surface area contributed by atoms with Gasteiger partial charge in [0.05, 0.1) is 0 Å². The monoisotopic (exact) mass is 688 g/mol. The number of hydrogen-bond donors (Lipinski definition) is 2. The van der Waals surface area contributed by atoms with Crippen LogP contribution in [-0.4, -0.2) is 39.6 Å². The maximum absolute atomic E-state index is 3.69. The van der Waals surface area contributed by atoms with E-state index in [1.165, 1.54) is 76.4 Å². The Morgan fingerprint density at radius 1 is 0.370 bits per heavy atom. The van der Waals surface area contributed by atoms with Gasteiger partial charge in [-0.25, -0.2) is 0 Å². The number of benzene rings is 8. The molecule has 14 rings (SSSR count). The van der Waals surface area contributed by atoms with Crippen LogP contribution >= 0.6 is 0 Å². The molecule has 0 aromatic heterocycles. The number of fused-ring (bicyclic) bond motifs is 12. The zero-order valence-electron chi connectivity index (χ0n) is 30.4. The van der Waals surface area contributed by atoms with Crippen LogP contribution in [0.25, 0.3) is 54.6 Å². The zero-order chi connectivity index (χ0) is 34.9. The van der Waals surface area contributed by atoms with Crippen molar-refractivity contribution in [1.29, 1.82) is 0 Å². The summed E-state index contributed by atoms with van der Waals surface area (Å²) in [6.45, 7) is 4.75. The third kappa shape index (κ3) is 3.22. The largest absolute Gasteiger partial charge is 0.317 e. The minimum Gasteiger partial charge on any atom is -0.317 e. The van der Waals surface area contributed by atoms with Crippen LogP contribution in [0.4, 0.5) is 0 Å². The molecule has 0 radical (unpaired) electrons. The van der Waals surface area contributed by atoms with Gasteiger partial charge in [0.2, 0.25) is 13.4 Å². The Morgan fingerprint density at radius 2 is 0.796 bits per heavy atom. The third-order valence-electron chi connectivity index (χ3n) is 15.4. The normalized spacial score (nSPS) is 19.0. The Labute approximate surface area is 316 Å². The Bertz CT molecular complexity index is 2780. The van der Waals surface area contributed by atoms with Crippen molar-refractivity contribution >= 4 is 78.5 Å². The van der Waals surface area contributed by atoms with E-state index in [9.17, 15) is 0 Å². The topological polar surface area (TPSA) is 24.1 Å². The SMILES string of the molecule is c1ccc2c(c1)B1c3c(cccc3C23CCNCC3)-c2cc3ccc4c5c(cc6ccc1c2c6c35)-c1cccc2c1B4c1ccccc1C21CCNCC1. The zero-order valence-corrected chi connectivity index (χ0v) is 30.4. The van der Waals surface area contributed by atoms with Gasteiger partial charge >= 0.3 is 0 Å². The maximum atomic E-state index is 3.69. The Kier molecular flexibility index (Phi) is 5.38. The van der Waals surface area contributed by atoms with Crippen molar-refractivity contribution in [2.45, 2.75) is 36.5 Å². The lowest BCUT2D eigenvalue weighted by Gasteiger charge is -2.48. The molecule has 2 N–H and O–H groups in total. The molecular weight excluding hydrogens is 650 g/mol. The van der Waals surface area contributed by atoms with Gasteiger partial charge in [0, 0.05) is 10.8 Å². The lowest BCUT2D eigenvalue weighted by atomic mass is 9.28. The van der Waals surface area contributed by atoms with Gasteiger partial charge in [0.1, 0.15) is 0 Å². The standard InChI is InChI=1S/C50H38B2N2/c1-3-13-39-35(9-1)49(19-23-53-24-20-49)37-11-5-7-31-33-27-30-16-18-42-46-34(28-29-15-17-41(51(39)47(31)37)45(33)43(29)44(30)46)32-8-6-12-38-48(32)52(42)40-14-4-2-10-36(40)50(38)21-25-54-26-22-50/h1-18,27-28,53-54H,19-26H2. The molecule has 8 aromatic rings. The van der Waals surface area contributed by atoms with Gasteiger partial charge in [-0.1, -0.05) is 142 Å². The number of hydrogen-bond acceptors (Lipinski definition) is 2. The molecule has 6 heterocycles. The van der Waals surface area contributed by atoms with Crippen LogP contribution < -0.4 is 43.4 Å². The molecular formula is C50H38B2N2. The highest BCUT2D eigenvalue weighted by molar-refractivity contribution is 7.00. The molecule has 0 atom stereocenters. The summed E-state index contributed by atoms with van der Waals surface area (Å²) in [6.07, 6.45) is 4.60. The van der Waals surface area contributed by atoms with Crippen molar-refractivity contribution in [1.82, 2.24) is 10.6 Å². The summed E-state index contributed by atoms with van der Waals surface area (Å²) in [4.78, 5) is 0. The molecule has 0 amide bonds. The van der Waals surface area contributed by atoms with E-state index in [-0.39, 0.29) is 24.3 Å². The summed E-state index contributed by atoms with van der Waals surface area (Å²) >= 11 is 0. The van der Waals surface area contributed by atoms with Crippen LogP contribution in [0.2, 0.25) is 0 Å². The second-order valence-corrected chi connectivity index (χ2v) is 17.3. The molecule has 6 aliphatic heterocycles. The van der Waals surface area contributed by atoms with Gasteiger partial charge in [-0.2, -0.15) is 0 Å². The van der Waals surface area contributed by atoms with Crippen LogP contribution in [0.3, 0.4) is 0 Å². The summed E-state index contributed by atoms with van der Waals surface area (Å²) in [7, 11) is 0. The first-order chi connectivity index (χ1) is 26.8. The maximum Gasteiger partial charge on any atom is 0.243 e. The van der Waals surface area contributed by atoms with Crippen LogP contribution in [0.15, 0.2) is 121 Å². The van der Waals surface area contributed by atoms with Crippen molar-refractivity contribution < 1.29 is 0 Å². The Hall–Kier alpha value is -5.15. The van der Waals surface area contributed by atoms with Crippen LogP contribution in [0, 0.1) is 0 Å². The second-order valence-electron chi connectivity index (χ2n) is 17.3. The van der Waals surface area contributed by atoms with E-state index in [1.807, 2.05) is 0 Å². The molecule has 6 aliphatic rings. The van der Waals surface area contributed by atoms with Crippen LogP contribution in [0.1, 0.15) is 47.9 Å². The predicted molar refractivity (Wildman–Crippen MR) is 229 cm³/mol. The van der Waals surface area contributed by atoms with Crippen molar-refractivity contribution in [2.75, 3.05) is 26.2 Å². The summed E-state index contributed by atoms with van der Waals surface area (Å²) in [5.41, 5.74) is 21.3. The van der Waals surface area contributed by atoms with Crippen molar-refractivity contribution in [2.24, 2.45) is 0 Å². The predicted octanol–water partition coefficient (Wildman–Crippen LogP) is 5.54. The Morgan fingerprint density at radius 3 is 1.26 bits per heavy atom. The highest BCUT2D eigenvalue weighted by Gasteiger charge is 2.51. The van der Waals surface area contributed by atoms with E-state index in [0.717, 1.165) is 51.9 Å². The van der Waals surface area contributed by atoms with Crippen LogP contribution in [-0.2, 0) is 10.8 Å². The number of piperidine rings is 2. The fourth-order valence-electron chi connectivity index (χ4n) is 13.4. The Balaban J connectivity index is 1.11. The van der Waals surface area contributed by atoms with E-state index in [1.54, 1.807) is 33.2 Å². The molecule has 0 unspecified atom stereocenters. The van der Waals surface area contributed by atoms with Gasteiger partial charge in [0.15, 0.2) is 0 Å². The molecule has 8 aromatic carbocycles. The first-order valence-electron chi connectivity index (χ1n) is 20.4. The van der Waals surface area contributed by atoms with E-state index in [0.29, 0.717) is 0 Å². The smallest absolute Gasteiger partial charge is 0.243 e. The first kappa shape index (κ1) is 29.2. The van der Waals surface area contributed by atoms with E-state index in [4.69, 9.17) is 0 Å². The molecule has 0 saturated carbocycles. The van der Waals surface area contributed by atoms with E-state index < -0.39 is 0 Å². The lowest BCUT2D eigenvalue weighted by Crippen LogP contribution is -2.64. The van der Waals surface area contributed by atoms with Crippen molar-refractivity contribution in [3.05, 3.63) is 144 Å². The summed E-state index contributed by atoms with van der Waals surface area (Å²) in [5.74, 6) is 0. The van der Waals surface area contributed by atoms with Gasteiger partial charge in [-0.3, -0.25) is 0 Å². The molecule has 2 saturated heterocycles. The molecule has 2 spiro atoms. The molecule has 0 aliphatic carbocycles. The highest BCUT2D eigenvalue weighted by atomic mass is 14.9. The number of nitrogens with one attached hydrogen (secondary N) is 2. The molecule has 2 nitrogen and oxygen atoms in total. The fourth-order valence-corrected chi connectivity index (χ4v) is 13.4. The molecule has 4 heteroatoms. The van der Waals surface area contributed by atoms with Gasteiger partial charge in [0.25, 0.3) is 0 Å². The first-order valence-corrected chi connectivity index (χ1v) is 20.4. The summed E-state index contributed by atoms with van der Waals surface area (Å²) < 4.78 is 0. The van der Waals surface area contributed by atoms with Gasteiger partial charge in [-0.15, -0.1) is 0 Å². The van der Waals surface area contributed by atoms with E-state index >= 15 is 0 Å². The van der Waals surface area contributed by atoms with Crippen LogP contribution in [0.5, 0.6) is 0 Å². The average Bonchev–Trinajstić information content (AvgIpc) is 3.24. The minimum absolute atomic E-state index is 0.0640. The molecule has 54 heavy (non-hydrogen) atoms. The fraction of sp³-hybridized carbons (Fsp3) is 0.200. The second kappa shape index (κ2) is 9.93. The average molecular weight is 688 g/mol. The quantitative estimate of drug-likeness (QED) is 0.162. The third-order valence-corrected chi connectivity index (χ3v) is 15.4. The van der Waals surface area contributed by atoms with E-state index in [2.05, 4.69) is 132 Å². The van der Waals surface area contributed by atoms with Crippen molar-refractivity contribution in [3.63, 3.8) is 0 Å². The molecule has 2 fully saturated rings. The van der Waals surface area contributed by atoms with Gasteiger partial charge < -0.3 is 10.6 Å². The number of rotatable bonds is 0. The molecule has 0 bridgehead atoms. The van der Waals surface area contributed by atoms with Crippen molar-refractivity contribution in [3.8, 4) is 22.3 Å². The molecule has 254 valence electrons. The summed E-state index contributed by atoms with van der Waals surface area (Å²) in [5, 5.41) is 16.0. The van der Waals surface area contributed by atoms with Gasteiger partial charge in [-0.05, 0) is 141 Å². The summed E-state index contributed by atoms with van der Waals surface area (Å²) in [6, 6.07) is 48.8.